The lowest BCUT2D eigenvalue weighted by molar-refractivity contribution is 1.46. The van der Waals surface area contributed by atoms with Gasteiger partial charge in [-0.25, -0.2) is 9.97 Å². The Balaban J connectivity index is 1.15. The molecule has 78 heavy (non-hydrogen) atoms. The summed E-state index contributed by atoms with van der Waals surface area (Å²) in [6.07, 6.45) is 0. The van der Waals surface area contributed by atoms with E-state index in [9.17, 15) is 0 Å². The highest BCUT2D eigenvalue weighted by molar-refractivity contribution is 7.34. The summed E-state index contributed by atoms with van der Waals surface area (Å²) in [5, 5.41) is 15.0. The van der Waals surface area contributed by atoms with Gasteiger partial charge in [0.2, 0.25) is 0 Å². The Morgan fingerprint density at radius 2 is 0.487 bits per heavy atom. The van der Waals surface area contributed by atoms with E-state index >= 15 is 0 Å². The molecule has 0 spiro atoms. The number of rotatable bonds is 4. The van der Waals surface area contributed by atoms with Crippen LogP contribution in [0.2, 0.25) is 0 Å². The second-order valence-corrected chi connectivity index (χ2v) is 25.7. The largest absolute Gasteiger partial charge is 0.246 e. The standard InChI is InChI=1S/C72H44N2S4/c1-37-17-25-43(26-18-37)61-55-33-51-52(75-55)34-56(76-51)63(45-29-21-39(3)22-30-45)71-67-49-15-7-11-42-12-8-16-50(60(42)49)68(67)72(74-71)64(46-31-23-40(4)24-32-46)58-36-54-53(78-58)35-57(77-54)62(44-27-19-38(2)20-28-44)70-66-48-14-6-10-41-9-5-13-47(59(41)48)65(66)69(61)73-70/h5-36H,1-4H3. The van der Waals surface area contributed by atoms with E-state index in [-0.39, 0.29) is 0 Å². The van der Waals surface area contributed by atoms with E-state index in [1.165, 1.54) is 168 Å². The molecule has 0 saturated carbocycles. The van der Waals surface area contributed by atoms with Gasteiger partial charge in [-0.1, -0.05) is 192 Å². The number of aromatic nitrogens is 2. The molecule has 12 bridgehead atoms. The van der Waals surface area contributed by atoms with Gasteiger partial charge in [0.05, 0.1) is 22.1 Å². The number of aryl methyl sites for hydroxylation is 4. The summed E-state index contributed by atoms with van der Waals surface area (Å²) in [5.41, 5.74) is 18.4. The average Bonchev–Trinajstić information content (AvgIpc) is 4.44. The lowest BCUT2D eigenvalue weighted by Gasteiger charge is -2.06. The van der Waals surface area contributed by atoms with Crippen LogP contribution >= 0.6 is 45.3 Å². The summed E-state index contributed by atoms with van der Waals surface area (Å²) in [6, 6.07) is 73.7. The Kier molecular flexibility index (Phi) is 9.51. The first kappa shape index (κ1) is 44.7. The van der Waals surface area contributed by atoms with E-state index in [1.54, 1.807) is 0 Å². The van der Waals surface area contributed by atoms with Crippen molar-refractivity contribution in [3.8, 4) is 44.5 Å². The molecular weight excluding hydrogens is 1020 g/mol. The quantitative estimate of drug-likeness (QED) is 0.176. The third kappa shape index (κ3) is 6.46. The van der Waals surface area contributed by atoms with E-state index < -0.39 is 0 Å². The van der Waals surface area contributed by atoms with Crippen molar-refractivity contribution in [2.75, 3.05) is 0 Å². The SMILES string of the molecule is Cc1ccc(-c2c3cc4sc(cc4s3)c(-c3ccc(C)cc3)c3nc(c(-c4ccc(C)cc4)c4cc5sc(cc5s4)c(-c4ccc(C)cc4)c4nc2c2c5cccc6cccc(c4=2)c65)c2c4cccc5cccc(c3=2)c54)cc1. The molecule has 366 valence electrons. The molecular formula is C72H44N2S4. The first-order valence-electron chi connectivity index (χ1n) is 26.6. The maximum Gasteiger partial charge on any atom is 0.0815 e. The molecule has 2 aliphatic heterocycles. The molecule has 0 fully saturated rings. The van der Waals surface area contributed by atoms with E-state index in [0.717, 1.165) is 22.1 Å². The van der Waals surface area contributed by atoms with Crippen molar-refractivity contribution < 1.29 is 0 Å². The van der Waals surface area contributed by atoms with Crippen LogP contribution in [0.25, 0.3) is 147 Å². The highest BCUT2D eigenvalue weighted by Crippen LogP contribution is 2.50. The predicted octanol–water partition coefficient (Wildman–Crippen LogP) is 21.6. The molecule has 20 rings (SSSR count). The van der Waals surface area contributed by atoms with Gasteiger partial charge in [-0.2, -0.15) is 0 Å². The molecule has 0 saturated heterocycles. The maximum atomic E-state index is 6.09. The van der Waals surface area contributed by atoms with Crippen LogP contribution in [0.15, 0.2) is 194 Å². The summed E-state index contributed by atoms with van der Waals surface area (Å²) in [5.74, 6) is 0. The van der Waals surface area contributed by atoms with Gasteiger partial charge in [0.25, 0.3) is 0 Å². The second kappa shape index (κ2) is 16.6. The summed E-state index contributed by atoms with van der Waals surface area (Å²) >= 11 is 7.54. The van der Waals surface area contributed by atoms with Crippen LogP contribution in [0.3, 0.4) is 0 Å². The fourth-order valence-corrected chi connectivity index (χ4v) is 17.9. The smallest absolute Gasteiger partial charge is 0.0815 e. The van der Waals surface area contributed by atoms with Gasteiger partial charge < -0.3 is 0 Å². The fraction of sp³-hybridized carbons (Fsp3) is 0.0556. The molecule has 4 aliphatic rings. The maximum absolute atomic E-state index is 6.09. The van der Waals surface area contributed by atoms with Crippen molar-refractivity contribution in [2.24, 2.45) is 0 Å². The van der Waals surface area contributed by atoms with E-state index in [1.807, 2.05) is 45.3 Å². The van der Waals surface area contributed by atoms with E-state index in [2.05, 4.69) is 222 Å². The van der Waals surface area contributed by atoms with Gasteiger partial charge in [0.15, 0.2) is 0 Å². The monoisotopic (exact) mass is 1060 g/mol. The van der Waals surface area contributed by atoms with Gasteiger partial charge in [-0.3, -0.25) is 0 Å². The molecule has 0 atom stereocenters. The van der Waals surface area contributed by atoms with Crippen molar-refractivity contribution in [2.45, 2.75) is 27.7 Å². The number of benzene rings is 8. The minimum Gasteiger partial charge on any atom is -0.246 e. The molecule has 2 aliphatic carbocycles. The van der Waals surface area contributed by atoms with Gasteiger partial charge in [0, 0.05) is 80.7 Å². The zero-order valence-corrected chi connectivity index (χ0v) is 46.3. The highest BCUT2D eigenvalue weighted by atomic mass is 32.1. The van der Waals surface area contributed by atoms with Crippen molar-refractivity contribution in [3.63, 3.8) is 0 Å². The summed E-state index contributed by atoms with van der Waals surface area (Å²) in [7, 11) is 0. The van der Waals surface area contributed by atoms with Crippen molar-refractivity contribution in [1.29, 1.82) is 0 Å². The van der Waals surface area contributed by atoms with Crippen LogP contribution in [0.1, 0.15) is 22.3 Å². The Hall–Kier alpha value is -8.36. The van der Waals surface area contributed by atoms with Crippen molar-refractivity contribution in [1.82, 2.24) is 9.97 Å². The van der Waals surface area contributed by atoms with Gasteiger partial charge >= 0.3 is 0 Å². The topological polar surface area (TPSA) is 25.8 Å². The van der Waals surface area contributed by atoms with E-state index in [4.69, 9.17) is 9.97 Å². The Morgan fingerprint density at radius 1 is 0.256 bits per heavy atom. The lowest BCUT2D eigenvalue weighted by Crippen LogP contribution is -1.84. The normalized spacial score (nSPS) is 12.4. The number of hydrogen-bond acceptors (Lipinski definition) is 6. The zero-order valence-electron chi connectivity index (χ0n) is 43.0. The van der Waals surface area contributed by atoms with Gasteiger partial charge in [0.1, 0.15) is 0 Å². The summed E-state index contributed by atoms with van der Waals surface area (Å²) in [6.45, 7) is 8.72. The molecule has 0 amide bonds. The Labute approximate surface area is 464 Å². The fourth-order valence-electron chi connectivity index (χ4n) is 12.8. The zero-order chi connectivity index (χ0) is 51.7. The molecule has 10 heterocycles. The minimum atomic E-state index is 1.03. The van der Waals surface area contributed by atoms with Crippen LogP contribution in [0, 0.1) is 48.6 Å². The van der Waals surface area contributed by atoms with Crippen molar-refractivity contribution in [3.05, 3.63) is 237 Å². The molecule has 0 unspecified atom stereocenters. The number of nitrogens with zero attached hydrogens (tertiary/aromatic N) is 2. The van der Waals surface area contributed by atoms with Crippen LogP contribution in [0.5, 0.6) is 0 Å². The molecule has 16 aromatic rings. The summed E-state index contributed by atoms with van der Waals surface area (Å²) in [4.78, 5) is 12.2. The minimum absolute atomic E-state index is 1.03. The Bertz CT molecular complexity index is 4830. The molecule has 0 radical (unpaired) electrons. The highest BCUT2D eigenvalue weighted by Gasteiger charge is 2.25. The molecule has 8 aromatic heterocycles. The molecule has 2 nitrogen and oxygen atoms in total. The first-order valence-corrected chi connectivity index (χ1v) is 29.9. The lowest BCUT2D eigenvalue weighted by atomic mass is 10.0. The Morgan fingerprint density at radius 3 is 0.718 bits per heavy atom. The predicted molar refractivity (Wildman–Crippen MR) is 340 cm³/mol. The van der Waals surface area contributed by atoms with Crippen LogP contribution in [-0.2, 0) is 0 Å². The molecule has 8 aromatic carbocycles. The van der Waals surface area contributed by atoms with Crippen LogP contribution < -0.4 is 0 Å². The third-order valence-electron chi connectivity index (χ3n) is 16.5. The summed E-state index contributed by atoms with van der Waals surface area (Å²) < 4.78 is 9.86. The number of thiophene rings is 4. The third-order valence-corrected chi connectivity index (χ3v) is 21.1. The second-order valence-electron chi connectivity index (χ2n) is 21.4. The van der Waals surface area contributed by atoms with Crippen molar-refractivity contribution >= 4 is 148 Å². The average molecular weight is 1070 g/mol. The van der Waals surface area contributed by atoms with Gasteiger partial charge in [-0.15, -0.1) is 45.3 Å². The molecule has 6 heteroatoms. The van der Waals surface area contributed by atoms with Gasteiger partial charge in [-0.05, 0) is 117 Å². The number of hydrogen-bond donors (Lipinski definition) is 0. The first-order chi connectivity index (χ1) is 38.3. The van der Waals surface area contributed by atoms with Crippen LogP contribution in [0.4, 0.5) is 0 Å². The molecule has 0 N–H and O–H groups in total. The number of fused-ring (bicyclic) bond motifs is 4. The van der Waals surface area contributed by atoms with E-state index in [0.29, 0.717) is 0 Å². The van der Waals surface area contributed by atoms with Crippen LogP contribution in [-0.4, -0.2) is 9.97 Å².